The summed E-state index contributed by atoms with van der Waals surface area (Å²) in [5.74, 6) is 0.161. The third kappa shape index (κ3) is 8.95. The normalized spacial score (nSPS) is 16.0. The molecule has 0 saturated heterocycles. The number of methoxy groups -OCH3 is 1. The van der Waals surface area contributed by atoms with E-state index in [1.54, 1.807) is 64.4 Å². The number of aromatic amines is 1. The second kappa shape index (κ2) is 13.9. The molecule has 0 aliphatic heterocycles. The minimum atomic E-state index is -1.06. The highest BCUT2D eigenvalue weighted by Crippen LogP contribution is 2.26. The number of ether oxygens (including phenoxy) is 3. The number of hydrogen-bond donors (Lipinski definition) is 3. The zero-order chi connectivity index (χ0) is 28.4. The molecule has 2 amide bonds. The van der Waals surface area contributed by atoms with Crippen molar-refractivity contribution in [3.63, 3.8) is 0 Å². The van der Waals surface area contributed by atoms with E-state index in [2.05, 4.69) is 15.6 Å². The van der Waals surface area contributed by atoms with E-state index in [1.807, 2.05) is 0 Å². The van der Waals surface area contributed by atoms with Crippen molar-refractivity contribution >= 4 is 35.1 Å². The first-order chi connectivity index (χ1) is 18.6. The number of hydrogen-bond acceptors (Lipinski definition) is 7. The Kier molecular flexibility index (Phi) is 10.7. The third-order valence-electron chi connectivity index (χ3n) is 6.54. The van der Waals surface area contributed by atoms with Gasteiger partial charge in [-0.2, -0.15) is 0 Å². The molecule has 1 aromatic carbocycles. The van der Waals surface area contributed by atoms with E-state index >= 15 is 0 Å². The molecular formula is C29H39N3O7. The lowest BCUT2D eigenvalue weighted by atomic mass is 9.84. The topological polar surface area (TPSA) is 136 Å². The molecule has 2 atom stereocenters. The summed E-state index contributed by atoms with van der Waals surface area (Å²) in [7, 11) is 1.55. The summed E-state index contributed by atoms with van der Waals surface area (Å²) < 4.78 is 16.5. The summed E-state index contributed by atoms with van der Waals surface area (Å²) in [4.78, 5) is 52.1. The Morgan fingerprint density at radius 2 is 1.90 bits per heavy atom. The average molecular weight is 542 g/mol. The van der Waals surface area contributed by atoms with E-state index in [4.69, 9.17) is 14.2 Å². The van der Waals surface area contributed by atoms with Crippen LogP contribution in [0, 0.1) is 5.92 Å². The lowest BCUT2D eigenvalue weighted by molar-refractivity contribution is -0.128. The lowest BCUT2D eigenvalue weighted by Crippen LogP contribution is -2.54. The Hall–Kier alpha value is -3.66. The van der Waals surface area contributed by atoms with Crippen LogP contribution in [0.4, 0.5) is 4.79 Å². The van der Waals surface area contributed by atoms with Crippen molar-refractivity contribution in [2.75, 3.05) is 20.3 Å². The van der Waals surface area contributed by atoms with Gasteiger partial charge in [0.05, 0.1) is 26.4 Å². The van der Waals surface area contributed by atoms with E-state index in [0.29, 0.717) is 16.7 Å². The Morgan fingerprint density at radius 1 is 1.15 bits per heavy atom. The van der Waals surface area contributed by atoms with Gasteiger partial charge in [0.25, 0.3) is 5.56 Å². The molecule has 1 fully saturated rings. The van der Waals surface area contributed by atoms with Crippen LogP contribution in [-0.4, -0.2) is 61.3 Å². The monoisotopic (exact) mass is 541 g/mol. The summed E-state index contributed by atoms with van der Waals surface area (Å²) in [5.41, 5.74) is -0.263. The summed E-state index contributed by atoms with van der Waals surface area (Å²) in [6.45, 7) is 5.15. The average Bonchev–Trinajstić information content (AvgIpc) is 2.90. The van der Waals surface area contributed by atoms with Gasteiger partial charge < -0.3 is 34.6 Å². The number of fused-ring (bicyclic) bond motifs is 1. The van der Waals surface area contributed by atoms with E-state index in [1.165, 1.54) is 0 Å². The number of carbonyl (C=O) groups is 3. The fourth-order valence-corrected chi connectivity index (χ4v) is 4.62. The number of aldehydes is 1. The first-order valence-corrected chi connectivity index (χ1v) is 13.3. The van der Waals surface area contributed by atoms with Crippen LogP contribution in [0.15, 0.2) is 35.3 Å². The van der Waals surface area contributed by atoms with E-state index in [-0.39, 0.29) is 24.7 Å². The fraction of sp³-hybridized carbons (Fsp3) is 0.517. The maximum absolute atomic E-state index is 13.1. The van der Waals surface area contributed by atoms with Gasteiger partial charge in [-0.1, -0.05) is 31.4 Å². The van der Waals surface area contributed by atoms with Gasteiger partial charge in [-0.3, -0.25) is 9.59 Å². The van der Waals surface area contributed by atoms with Gasteiger partial charge >= 0.3 is 6.09 Å². The minimum absolute atomic E-state index is 0.0791. The Balaban J connectivity index is 1.66. The molecule has 1 aliphatic carbocycles. The molecular weight excluding hydrogens is 502 g/mol. The van der Waals surface area contributed by atoms with Crippen LogP contribution in [-0.2, 0) is 19.1 Å². The van der Waals surface area contributed by atoms with Gasteiger partial charge in [0.15, 0.2) is 0 Å². The van der Waals surface area contributed by atoms with Crippen LogP contribution in [0.25, 0.3) is 16.8 Å². The molecule has 1 aromatic heterocycles. The number of H-pyrrole nitrogens is 1. The Labute approximate surface area is 228 Å². The maximum atomic E-state index is 13.1. The quantitative estimate of drug-likeness (QED) is 0.291. The van der Waals surface area contributed by atoms with Crippen molar-refractivity contribution in [1.29, 1.82) is 0 Å². The van der Waals surface area contributed by atoms with Crippen molar-refractivity contribution in [1.82, 2.24) is 15.6 Å². The SMILES string of the molecule is COc1cc2cc[nH]c(=O)c2cc1/C=C/COCC(NC(=O)OC(C)(C)C)C(=O)N[C@H](C=O)C1CCCCC1. The maximum Gasteiger partial charge on any atom is 0.408 e. The first-order valence-electron chi connectivity index (χ1n) is 13.3. The van der Waals surface area contributed by atoms with Crippen LogP contribution < -0.4 is 20.9 Å². The van der Waals surface area contributed by atoms with Gasteiger partial charge in [-0.15, -0.1) is 0 Å². The summed E-state index contributed by atoms with van der Waals surface area (Å²) in [6.07, 6.45) is 9.99. The van der Waals surface area contributed by atoms with Crippen molar-refractivity contribution in [2.45, 2.75) is 70.6 Å². The van der Waals surface area contributed by atoms with Crippen molar-refractivity contribution in [3.8, 4) is 5.75 Å². The molecule has 3 rings (SSSR count). The first kappa shape index (κ1) is 29.9. The highest BCUT2D eigenvalue weighted by molar-refractivity contribution is 5.88. The number of amides is 2. The number of nitrogens with one attached hydrogen (secondary N) is 3. The van der Waals surface area contributed by atoms with Crippen LogP contribution in [0.5, 0.6) is 5.75 Å². The van der Waals surface area contributed by atoms with E-state index in [0.717, 1.165) is 43.8 Å². The van der Waals surface area contributed by atoms with E-state index < -0.39 is 29.7 Å². The van der Waals surface area contributed by atoms with Crippen LogP contribution in [0.3, 0.4) is 0 Å². The number of rotatable bonds is 11. The number of pyridine rings is 1. The molecule has 1 saturated carbocycles. The van der Waals surface area contributed by atoms with Gasteiger partial charge in [0.1, 0.15) is 23.7 Å². The standard InChI is InChI=1S/C29H39N3O7/c1-29(2,3)39-28(36)32-24(27(35)31-23(17-33)19-9-6-5-7-10-19)18-38-14-8-11-21-15-22-20(16-25(21)37-4)12-13-30-26(22)34/h8,11-13,15-17,19,23-24H,5-7,9-10,14,18H2,1-4H3,(H,30,34)(H,31,35)(H,32,36)/b11-8+/t23-,24?/m1/s1. The molecule has 3 N–H and O–H groups in total. The highest BCUT2D eigenvalue weighted by atomic mass is 16.6. The molecule has 1 aliphatic rings. The van der Waals surface area contributed by atoms with Gasteiger partial charge in [0, 0.05) is 17.1 Å². The molecule has 1 heterocycles. The fourth-order valence-electron chi connectivity index (χ4n) is 4.62. The van der Waals surface area contributed by atoms with Crippen LogP contribution >= 0.6 is 0 Å². The number of carbonyl (C=O) groups excluding carboxylic acids is 3. The third-order valence-corrected chi connectivity index (χ3v) is 6.54. The Morgan fingerprint density at radius 3 is 2.56 bits per heavy atom. The molecule has 1 unspecified atom stereocenters. The molecule has 212 valence electrons. The number of alkyl carbamates (subject to hydrolysis) is 1. The second-order valence-electron chi connectivity index (χ2n) is 10.7. The van der Waals surface area contributed by atoms with Crippen LogP contribution in [0.1, 0.15) is 58.4 Å². The van der Waals surface area contributed by atoms with Gasteiger partial charge in [-0.25, -0.2) is 4.79 Å². The molecule has 2 aromatic rings. The van der Waals surface area contributed by atoms with Crippen molar-refractivity contribution in [3.05, 3.63) is 46.4 Å². The molecule has 0 spiro atoms. The molecule has 10 heteroatoms. The van der Waals surface area contributed by atoms with Crippen LogP contribution in [0.2, 0.25) is 0 Å². The lowest BCUT2D eigenvalue weighted by Gasteiger charge is -2.29. The molecule has 39 heavy (non-hydrogen) atoms. The predicted octanol–water partition coefficient (Wildman–Crippen LogP) is 3.72. The summed E-state index contributed by atoms with van der Waals surface area (Å²) in [5, 5.41) is 6.63. The smallest absolute Gasteiger partial charge is 0.408 e. The number of aromatic nitrogens is 1. The van der Waals surface area contributed by atoms with Crippen molar-refractivity contribution in [2.24, 2.45) is 5.92 Å². The zero-order valence-corrected chi connectivity index (χ0v) is 23.1. The second-order valence-corrected chi connectivity index (χ2v) is 10.7. The summed E-state index contributed by atoms with van der Waals surface area (Å²) in [6, 6.07) is 3.63. The van der Waals surface area contributed by atoms with Gasteiger partial charge in [-0.05, 0) is 63.1 Å². The summed E-state index contributed by atoms with van der Waals surface area (Å²) >= 11 is 0. The van der Waals surface area contributed by atoms with Crippen molar-refractivity contribution < 1.29 is 28.6 Å². The largest absolute Gasteiger partial charge is 0.496 e. The molecule has 0 radical (unpaired) electrons. The molecule has 0 bridgehead atoms. The van der Waals surface area contributed by atoms with E-state index in [9.17, 15) is 19.2 Å². The zero-order valence-electron chi connectivity index (χ0n) is 23.1. The predicted molar refractivity (Wildman–Crippen MR) is 149 cm³/mol. The van der Waals surface area contributed by atoms with Gasteiger partial charge in [0.2, 0.25) is 5.91 Å². The number of benzene rings is 1. The Bertz CT molecular complexity index is 1230. The molecule has 10 nitrogen and oxygen atoms in total. The highest BCUT2D eigenvalue weighted by Gasteiger charge is 2.29. The minimum Gasteiger partial charge on any atom is -0.496 e.